The van der Waals surface area contributed by atoms with Gasteiger partial charge < -0.3 is 5.73 Å². The topological polar surface area (TPSA) is 58.4 Å². The van der Waals surface area contributed by atoms with Gasteiger partial charge in [-0.2, -0.15) is 0 Å². The molecule has 0 saturated carbocycles. The average Bonchev–Trinajstić information content (AvgIpc) is 2.76. The molecule has 1 aromatic carbocycles. The van der Waals surface area contributed by atoms with Crippen LogP contribution in [0.15, 0.2) is 18.2 Å². The van der Waals surface area contributed by atoms with Gasteiger partial charge in [0, 0.05) is 23.2 Å². The summed E-state index contributed by atoms with van der Waals surface area (Å²) >= 11 is 1.47. The standard InChI is InChI=1S/C15H19N3OS/c1-10-5-6-11-12(9-10)20-14(13(11)16)15(19)17-18-7-3-2-4-8-18/h5-6,9H,2-4,7-8,16H2,1H3,(H,17,19). The zero-order valence-electron chi connectivity index (χ0n) is 11.6. The Balaban J connectivity index is 1.85. The van der Waals surface area contributed by atoms with Crippen molar-refractivity contribution in [1.29, 1.82) is 0 Å². The number of fused-ring (bicyclic) bond motifs is 1. The smallest absolute Gasteiger partial charge is 0.277 e. The van der Waals surface area contributed by atoms with Crippen LogP contribution in [-0.2, 0) is 0 Å². The summed E-state index contributed by atoms with van der Waals surface area (Å²) in [6.07, 6.45) is 3.53. The minimum Gasteiger partial charge on any atom is -0.397 e. The van der Waals surface area contributed by atoms with Gasteiger partial charge in [0.05, 0.1) is 5.69 Å². The molecular weight excluding hydrogens is 270 g/mol. The molecule has 1 saturated heterocycles. The van der Waals surface area contributed by atoms with Gasteiger partial charge in [-0.25, -0.2) is 5.01 Å². The number of nitrogens with two attached hydrogens (primary N) is 1. The first kappa shape index (κ1) is 13.4. The highest BCUT2D eigenvalue weighted by molar-refractivity contribution is 7.21. The summed E-state index contributed by atoms with van der Waals surface area (Å²) in [6, 6.07) is 6.10. The van der Waals surface area contributed by atoms with Gasteiger partial charge in [0.25, 0.3) is 5.91 Å². The van der Waals surface area contributed by atoms with Gasteiger partial charge in [0.1, 0.15) is 4.88 Å². The second-order valence-corrected chi connectivity index (χ2v) is 6.39. The lowest BCUT2D eigenvalue weighted by Crippen LogP contribution is -2.44. The maximum atomic E-state index is 12.4. The molecule has 1 fully saturated rings. The predicted molar refractivity (Wildman–Crippen MR) is 83.9 cm³/mol. The number of thiophene rings is 1. The van der Waals surface area contributed by atoms with Crippen molar-refractivity contribution in [2.24, 2.45) is 0 Å². The number of rotatable bonds is 2. The summed E-state index contributed by atoms with van der Waals surface area (Å²) in [6.45, 7) is 3.90. The lowest BCUT2D eigenvalue weighted by atomic mass is 10.1. The Morgan fingerprint density at radius 1 is 1.30 bits per heavy atom. The highest BCUT2D eigenvalue weighted by Gasteiger charge is 2.19. The Morgan fingerprint density at radius 2 is 2.05 bits per heavy atom. The molecule has 1 amide bonds. The largest absolute Gasteiger partial charge is 0.397 e. The fraction of sp³-hybridized carbons (Fsp3) is 0.400. The van der Waals surface area contributed by atoms with Crippen LogP contribution in [0.2, 0.25) is 0 Å². The van der Waals surface area contributed by atoms with Crippen molar-refractivity contribution in [2.75, 3.05) is 18.8 Å². The minimum absolute atomic E-state index is 0.0803. The number of carbonyl (C=O) groups is 1. The van der Waals surface area contributed by atoms with E-state index >= 15 is 0 Å². The zero-order valence-corrected chi connectivity index (χ0v) is 12.4. The molecule has 5 heteroatoms. The van der Waals surface area contributed by atoms with E-state index in [2.05, 4.69) is 11.5 Å². The zero-order chi connectivity index (χ0) is 14.1. The number of hydrogen-bond acceptors (Lipinski definition) is 4. The van der Waals surface area contributed by atoms with E-state index < -0.39 is 0 Å². The van der Waals surface area contributed by atoms with Crippen molar-refractivity contribution in [3.63, 3.8) is 0 Å². The minimum atomic E-state index is -0.0803. The van der Waals surface area contributed by atoms with Gasteiger partial charge in [-0.3, -0.25) is 10.2 Å². The Labute approximate surface area is 122 Å². The summed E-state index contributed by atoms with van der Waals surface area (Å²) in [4.78, 5) is 13.0. The van der Waals surface area contributed by atoms with Crippen LogP contribution in [0, 0.1) is 6.92 Å². The summed E-state index contributed by atoms with van der Waals surface area (Å²) < 4.78 is 1.08. The van der Waals surface area contributed by atoms with Gasteiger partial charge >= 0.3 is 0 Å². The van der Waals surface area contributed by atoms with Crippen LogP contribution in [0.1, 0.15) is 34.5 Å². The molecule has 3 rings (SSSR count). The molecule has 4 nitrogen and oxygen atoms in total. The van der Waals surface area contributed by atoms with Crippen LogP contribution in [0.5, 0.6) is 0 Å². The van der Waals surface area contributed by atoms with E-state index in [4.69, 9.17) is 5.73 Å². The first-order chi connectivity index (χ1) is 9.65. The Bertz CT molecular complexity index is 644. The van der Waals surface area contributed by atoms with Crippen molar-refractivity contribution in [3.8, 4) is 0 Å². The third-order valence-corrected chi connectivity index (χ3v) is 4.87. The van der Waals surface area contributed by atoms with Crippen LogP contribution in [0.25, 0.3) is 10.1 Å². The lowest BCUT2D eigenvalue weighted by molar-refractivity contribution is 0.0755. The molecule has 3 N–H and O–H groups in total. The Kier molecular flexibility index (Phi) is 3.63. The van der Waals surface area contributed by atoms with Gasteiger partial charge in [0.15, 0.2) is 0 Å². The number of amides is 1. The van der Waals surface area contributed by atoms with E-state index in [9.17, 15) is 4.79 Å². The number of hydrazine groups is 1. The molecule has 0 atom stereocenters. The molecule has 20 heavy (non-hydrogen) atoms. The molecule has 106 valence electrons. The number of piperidine rings is 1. The van der Waals surface area contributed by atoms with Gasteiger partial charge in [-0.15, -0.1) is 11.3 Å². The number of aryl methyl sites for hydroxylation is 1. The van der Waals surface area contributed by atoms with Gasteiger partial charge in [-0.1, -0.05) is 18.6 Å². The predicted octanol–water partition coefficient (Wildman–Crippen LogP) is 2.92. The summed E-state index contributed by atoms with van der Waals surface area (Å²) in [5.41, 5.74) is 10.9. The maximum Gasteiger partial charge on any atom is 0.277 e. The van der Waals surface area contributed by atoms with Crippen molar-refractivity contribution in [1.82, 2.24) is 10.4 Å². The van der Waals surface area contributed by atoms with Crippen LogP contribution in [0.3, 0.4) is 0 Å². The van der Waals surface area contributed by atoms with Crippen molar-refractivity contribution in [3.05, 3.63) is 28.6 Å². The number of nitrogens with one attached hydrogen (secondary N) is 1. The highest BCUT2D eigenvalue weighted by atomic mass is 32.1. The molecule has 0 bridgehead atoms. The molecule has 1 aliphatic heterocycles. The normalized spacial score (nSPS) is 16.4. The second kappa shape index (κ2) is 5.42. The van der Waals surface area contributed by atoms with Crippen LogP contribution in [-0.4, -0.2) is 24.0 Å². The van der Waals surface area contributed by atoms with Crippen LogP contribution < -0.4 is 11.2 Å². The Hall–Kier alpha value is -1.59. The summed E-state index contributed by atoms with van der Waals surface area (Å²) in [7, 11) is 0. The van der Waals surface area contributed by atoms with Crippen LogP contribution in [0.4, 0.5) is 5.69 Å². The van der Waals surface area contributed by atoms with E-state index in [-0.39, 0.29) is 5.91 Å². The summed E-state index contributed by atoms with van der Waals surface area (Å²) in [5.74, 6) is -0.0803. The fourth-order valence-corrected chi connectivity index (χ4v) is 3.70. The number of hydrogen-bond donors (Lipinski definition) is 2. The molecule has 1 aromatic heterocycles. The number of nitrogen functional groups attached to an aromatic ring is 1. The third kappa shape index (κ3) is 2.51. The highest BCUT2D eigenvalue weighted by Crippen LogP contribution is 2.34. The lowest BCUT2D eigenvalue weighted by Gasteiger charge is -2.26. The first-order valence-corrected chi connectivity index (χ1v) is 7.81. The molecule has 1 aliphatic rings. The number of nitrogens with zero attached hydrogens (tertiary/aromatic N) is 1. The van der Waals surface area contributed by atoms with Gasteiger partial charge in [-0.05, 0) is 31.4 Å². The first-order valence-electron chi connectivity index (χ1n) is 7.00. The third-order valence-electron chi connectivity index (χ3n) is 3.71. The SMILES string of the molecule is Cc1ccc2c(N)c(C(=O)NN3CCCCC3)sc2c1. The van der Waals surface area contributed by atoms with E-state index in [1.54, 1.807) is 0 Å². The molecule has 0 spiro atoms. The maximum absolute atomic E-state index is 12.4. The molecule has 2 heterocycles. The Morgan fingerprint density at radius 3 is 2.80 bits per heavy atom. The van der Waals surface area contributed by atoms with Crippen molar-refractivity contribution in [2.45, 2.75) is 26.2 Å². The summed E-state index contributed by atoms with van der Waals surface area (Å²) in [5, 5.41) is 2.98. The molecule has 2 aromatic rings. The van der Waals surface area contributed by atoms with Gasteiger partial charge in [0.2, 0.25) is 0 Å². The number of benzene rings is 1. The molecule has 0 radical (unpaired) electrons. The quantitative estimate of drug-likeness (QED) is 0.893. The number of carbonyl (C=O) groups excluding carboxylic acids is 1. The van der Waals surface area contributed by atoms with E-state index in [0.717, 1.165) is 36.0 Å². The van der Waals surface area contributed by atoms with E-state index in [1.807, 2.05) is 24.1 Å². The van der Waals surface area contributed by atoms with E-state index in [0.29, 0.717) is 10.6 Å². The number of anilines is 1. The molecular formula is C15H19N3OS. The van der Waals surface area contributed by atoms with Crippen molar-refractivity contribution >= 4 is 33.0 Å². The molecule has 0 aliphatic carbocycles. The van der Waals surface area contributed by atoms with Crippen molar-refractivity contribution < 1.29 is 4.79 Å². The average molecular weight is 289 g/mol. The second-order valence-electron chi connectivity index (χ2n) is 5.33. The molecule has 0 unspecified atom stereocenters. The fourth-order valence-electron chi connectivity index (χ4n) is 2.59. The van der Waals surface area contributed by atoms with Crippen LogP contribution >= 0.6 is 11.3 Å². The van der Waals surface area contributed by atoms with E-state index in [1.165, 1.54) is 23.3 Å². The monoisotopic (exact) mass is 289 g/mol.